The van der Waals surface area contributed by atoms with Gasteiger partial charge in [-0.25, -0.2) is 4.98 Å². The van der Waals surface area contributed by atoms with Gasteiger partial charge in [0.2, 0.25) is 0 Å². The van der Waals surface area contributed by atoms with Gasteiger partial charge in [-0.05, 0) is 17.7 Å². The van der Waals surface area contributed by atoms with E-state index in [4.69, 9.17) is 11.6 Å². The molecule has 3 nitrogen and oxygen atoms in total. The van der Waals surface area contributed by atoms with E-state index in [1.165, 1.54) is 6.33 Å². The van der Waals surface area contributed by atoms with Gasteiger partial charge in [0.15, 0.2) is 0 Å². The lowest BCUT2D eigenvalue weighted by molar-refractivity contribution is 0.216. The van der Waals surface area contributed by atoms with Gasteiger partial charge in [-0.15, -0.1) is 0 Å². The Bertz CT molecular complexity index is 397. The molecule has 2 rings (SSSR count). The predicted molar refractivity (Wildman–Crippen MR) is 54.1 cm³/mol. The highest BCUT2D eigenvalue weighted by Crippen LogP contribution is 2.20. The molecule has 2 aromatic rings. The molecule has 0 saturated heterocycles. The minimum Gasteiger partial charge on any atom is -0.382 e. The van der Waals surface area contributed by atoms with Crippen LogP contribution in [0.1, 0.15) is 17.4 Å². The molecule has 0 aliphatic heterocycles. The Hall–Kier alpha value is -1.32. The monoisotopic (exact) mass is 208 g/mol. The van der Waals surface area contributed by atoms with Crippen LogP contribution in [-0.4, -0.2) is 15.1 Å². The van der Waals surface area contributed by atoms with Crippen LogP contribution in [-0.2, 0) is 0 Å². The third-order valence-electron chi connectivity index (χ3n) is 2.00. The van der Waals surface area contributed by atoms with Crippen molar-refractivity contribution in [3.05, 3.63) is 53.1 Å². The van der Waals surface area contributed by atoms with Crippen LogP contribution in [0.2, 0.25) is 5.02 Å². The summed E-state index contributed by atoms with van der Waals surface area (Å²) in [6, 6.07) is 7.06. The zero-order valence-corrected chi connectivity index (χ0v) is 8.07. The maximum atomic E-state index is 9.86. The van der Waals surface area contributed by atoms with Crippen LogP contribution in [0, 0.1) is 0 Å². The van der Waals surface area contributed by atoms with E-state index < -0.39 is 6.10 Å². The number of hydrogen-bond donors (Lipinski definition) is 2. The third kappa shape index (κ3) is 1.78. The number of aromatic amines is 1. The highest BCUT2D eigenvalue weighted by Gasteiger charge is 2.10. The maximum Gasteiger partial charge on any atom is 0.120 e. The zero-order chi connectivity index (χ0) is 9.97. The lowest BCUT2D eigenvalue weighted by Crippen LogP contribution is -1.99. The van der Waals surface area contributed by atoms with Crippen LogP contribution < -0.4 is 0 Å². The minimum atomic E-state index is -0.672. The molecule has 0 radical (unpaired) electrons. The average molecular weight is 209 g/mol. The molecule has 1 unspecified atom stereocenters. The molecule has 0 saturated carbocycles. The van der Waals surface area contributed by atoms with Crippen molar-refractivity contribution < 1.29 is 5.11 Å². The van der Waals surface area contributed by atoms with Crippen LogP contribution in [0.5, 0.6) is 0 Å². The molecule has 72 valence electrons. The highest BCUT2D eigenvalue weighted by atomic mass is 35.5. The molecule has 4 heteroatoms. The molecule has 1 heterocycles. The van der Waals surface area contributed by atoms with E-state index in [1.54, 1.807) is 30.5 Å². The average Bonchev–Trinajstić information content (AvgIpc) is 2.71. The third-order valence-corrected chi connectivity index (χ3v) is 2.25. The molecule has 0 spiro atoms. The summed E-state index contributed by atoms with van der Waals surface area (Å²) < 4.78 is 0. The molecule has 1 aromatic carbocycles. The Morgan fingerprint density at radius 1 is 1.29 bits per heavy atom. The number of hydrogen-bond acceptors (Lipinski definition) is 2. The van der Waals surface area contributed by atoms with E-state index in [2.05, 4.69) is 9.97 Å². The van der Waals surface area contributed by atoms with Gasteiger partial charge in [-0.2, -0.15) is 0 Å². The molecular formula is C10H9ClN2O. The van der Waals surface area contributed by atoms with Gasteiger partial charge in [-0.3, -0.25) is 0 Å². The molecule has 1 aromatic heterocycles. The van der Waals surface area contributed by atoms with Gasteiger partial charge in [0.1, 0.15) is 6.10 Å². The van der Waals surface area contributed by atoms with Crippen molar-refractivity contribution in [2.24, 2.45) is 0 Å². The van der Waals surface area contributed by atoms with E-state index in [-0.39, 0.29) is 0 Å². The number of aliphatic hydroxyl groups excluding tert-OH is 1. The second-order valence-electron chi connectivity index (χ2n) is 2.96. The summed E-state index contributed by atoms with van der Waals surface area (Å²) in [7, 11) is 0. The number of aromatic nitrogens is 2. The fourth-order valence-electron chi connectivity index (χ4n) is 1.24. The summed E-state index contributed by atoms with van der Waals surface area (Å²) in [5.41, 5.74) is 1.46. The smallest absolute Gasteiger partial charge is 0.120 e. The maximum absolute atomic E-state index is 9.86. The fourth-order valence-corrected chi connectivity index (χ4v) is 1.37. The van der Waals surface area contributed by atoms with Crippen LogP contribution in [0.4, 0.5) is 0 Å². The summed E-state index contributed by atoms with van der Waals surface area (Å²) in [6.07, 6.45) is 2.46. The summed E-state index contributed by atoms with van der Waals surface area (Å²) in [4.78, 5) is 6.70. The van der Waals surface area contributed by atoms with E-state index in [0.29, 0.717) is 10.7 Å². The lowest BCUT2D eigenvalue weighted by Gasteiger charge is -2.08. The standard InChI is InChI=1S/C10H9ClN2O/c11-8-3-1-7(2-4-8)10(14)9-5-12-6-13-9/h1-6,10,14H,(H,12,13). The molecule has 0 bridgehead atoms. The fraction of sp³-hybridized carbons (Fsp3) is 0.100. The van der Waals surface area contributed by atoms with Gasteiger partial charge in [0, 0.05) is 5.02 Å². The summed E-state index contributed by atoms with van der Waals surface area (Å²) >= 11 is 5.74. The van der Waals surface area contributed by atoms with Crippen molar-refractivity contribution in [3.8, 4) is 0 Å². The van der Waals surface area contributed by atoms with Crippen LogP contribution in [0.25, 0.3) is 0 Å². The zero-order valence-electron chi connectivity index (χ0n) is 7.31. The normalized spacial score (nSPS) is 12.7. The van der Waals surface area contributed by atoms with Gasteiger partial charge in [-0.1, -0.05) is 23.7 Å². The number of H-pyrrole nitrogens is 1. The number of nitrogens with zero attached hydrogens (tertiary/aromatic N) is 1. The first-order valence-corrected chi connectivity index (χ1v) is 4.57. The van der Waals surface area contributed by atoms with E-state index in [9.17, 15) is 5.11 Å². The minimum absolute atomic E-state index is 0.658. The van der Waals surface area contributed by atoms with Crippen molar-refractivity contribution in [1.82, 2.24) is 9.97 Å². The van der Waals surface area contributed by atoms with E-state index in [0.717, 1.165) is 5.56 Å². The SMILES string of the molecule is OC(c1ccc(Cl)cc1)c1cnc[nH]1. The van der Waals surface area contributed by atoms with Crippen molar-refractivity contribution in [2.75, 3.05) is 0 Å². The second kappa shape index (κ2) is 3.82. The Morgan fingerprint density at radius 3 is 2.57 bits per heavy atom. The Morgan fingerprint density at radius 2 is 2.00 bits per heavy atom. The molecule has 0 aliphatic carbocycles. The number of imidazole rings is 1. The largest absolute Gasteiger partial charge is 0.382 e. The van der Waals surface area contributed by atoms with Crippen LogP contribution in [0.3, 0.4) is 0 Å². The predicted octanol–water partition coefficient (Wildman–Crippen LogP) is 2.14. The summed E-state index contributed by atoms with van der Waals surface area (Å²) in [5, 5.41) is 10.5. The Kier molecular flexibility index (Phi) is 2.52. The van der Waals surface area contributed by atoms with Gasteiger partial charge < -0.3 is 10.1 Å². The number of nitrogens with one attached hydrogen (secondary N) is 1. The van der Waals surface area contributed by atoms with Crippen molar-refractivity contribution in [3.63, 3.8) is 0 Å². The van der Waals surface area contributed by atoms with Crippen molar-refractivity contribution >= 4 is 11.6 Å². The summed E-state index contributed by atoms with van der Waals surface area (Å²) in [5.74, 6) is 0. The van der Waals surface area contributed by atoms with Crippen molar-refractivity contribution in [2.45, 2.75) is 6.10 Å². The summed E-state index contributed by atoms with van der Waals surface area (Å²) in [6.45, 7) is 0. The number of benzene rings is 1. The number of rotatable bonds is 2. The van der Waals surface area contributed by atoms with Crippen molar-refractivity contribution in [1.29, 1.82) is 0 Å². The lowest BCUT2D eigenvalue weighted by atomic mass is 10.1. The first-order valence-electron chi connectivity index (χ1n) is 4.19. The molecule has 0 fully saturated rings. The van der Waals surface area contributed by atoms with E-state index >= 15 is 0 Å². The Balaban J connectivity index is 2.28. The molecule has 2 N–H and O–H groups in total. The molecule has 1 atom stereocenters. The molecule has 14 heavy (non-hydrogen) atoms. The molecular weight excluding hydrogens is 200 g/mol. The van der Waals surface area contributed by atoms with Crippen LogP contribution in [0.15, 0.2) is 36.8 Å². The molecule has 0 amide bonds. The second-order valence-corrected chi connectivity index (χ2v) is 3.40. The number of halogens is 1. The van der Waals surface area contributed by atoms with E-state index in [1.807, 2.05) is 0 Å². The topological polar surface area (TPSA) is 48.9 Å². The highest BCUT2D eigenvalue weighted by molar-refractivity contribution is 6.30. The molecule has 0 aliphatic rings. The van der Waals surface area contributed by atoms with Gasteiger partial charge in [0.05, 0.1) is 18.2 Å². The van der Waals surface area contributed by atoms with Gasteiger partial charge in [0.25, 0.3) is 0 Å². The first kappa shape index (κ1) is 9.24. The quantitative estimate of drug-likeness (QED) is 0.795. The number of aliphatic hydroxyl groups is 1. The first-order chi connectivity index (χ1) is 6.77. The van der Waals surface area contributed by atoms with Crippen LogP contribution >= 0.6 is 11.6 Å². The Labute approximate surface area is 86.4 Å². The van der Waals surface area contributed by atoms with Gasteiger partial charge >= 0.3 is 0 Å².